The van der Waals surface area contributed by atoms with E-state index in [1.165, 1.54) is 70.6 Å². The van der Waals surface area contributed by atoms with Crippen LogP contribution in [0.1, 0.15) is 124 Å². The van der Waals surface area contributed by atoms with Crippen molar-refractivity contribution < 1.29 is 18.5 Å². The fourth-order valence-electron chi connectivity index (χ4n) is 4.56. The first-order valence-electron chi connectivity index (χ1n) is 12.5. The van der Waals surface area contributed by atoms with Crippen LogP contribution >= 0.6 is 7.82 Å². The number of hydrogen-bond acceptors (Lipinski definition) is 3. The van der Waals surface area contributed by atoms with Crippen LogP contribution in [0.3, 0.4) is 0 Å². The summed E-state index contributed by atoms with van der Waals surface area (Å²) in [6, 6.07) is 0. The molecular weight excluding hydrogens is 383 g/mol. The Morgan fingerprint density at radius 2 is 1.41 bits per heavy atom. The average Bonchev–Trinajstić information content (AvgIpc) is 2.65. The molecule has 0 aromatic rings. The molecule has 0 saturated heterocycles. The Balaban J connectivity index is 2.06. The second kappa shape index (κ2) is 15.8. The van der Waals surface area contributed by atoms with Crippen molar-refractivity contribution in [2.75, 3.05) is 6.61 Å². The highest BCUT2D eigenvalue weighted by Crippen LogP contribution is 2.49. The van der Waals surface area contributed by atoms with Gasteiger partial charge in [0, 0.05) is 0 Å². The highest BCUT2D eigenvalue weighted by Gasteiger charge is 2.36. The minimum atomic E-state index is -3.95. The lowest BCUT2D eigenvalue weighted by Gasteiger charge is -2.37. The normalized spacial score (nSPS) is 24.7. The summed E-state index contributed by atoms with van der Waals surface area (Å²) < 4.78 is 23.3. The number of rotatable bonds is 17. The van der Waals surface area contributed by atoms with Gasteiger partial charge in [-0.3, -0.25) is 9.05 Å². The van der Waals surface area contributed by atoms with Crippen molar-refractivity contribution >= 4 is 7.82 Å². The first-order valence-corrected chi connectivity index (χ1v) is 14.0. The average molecular weight is 433 g/mol. The highest BCUT2D eigenvalue weighted by atomic mass is 31.2. The van der Waals surface area contributed by atoms with E-state index in [-0.39, 0.29) is 6.10 Å². The first-order chi connectivity index (χ1) is 13.9. The lowest BCUT2D eigenvalue weighted by atomic mass is 9.75. The van der Waals surface area contributed by atoms with E-state index in [4.69, 9.17) is 9.05 Å². The molecule has 4 atom stereocenters. The van der Waals surface area contributed by atoms with Crippen molar-refractivity contribution in [3.63, 3.8) is 0 Å². The number of phosphoric ester groups is 1. The maximum Gasteiger partial charge on any atom is 0.472 e. The largest absolute Gasteiger partial charge is 0.472 e. The van der Waals surface area contributed by atoms with Gasteiger partial charge < -0.3 is 4.89 Å². The van der Waals surface area contributed by atoms with Gasteiger partial charge in [0.2, 0.25) is 0 Å². The third-order valence-electron chi connectivity index (χ3n) is 6.48. The molecule has 4 unspecified atom stereocenters. The lowest BCUT2D eigenvalue weighted by molar-refractivity contribution is 0.0140. The molecule has 1 fully saturated rings. The minimum absolute atomic E-state index is 0.156. The molecule has 0 aromatic carbocycles. The van der Waals surface area contributed by atoms with Gasteiger partial charge in [0.1, 0.15) is 0 Å². The van der Waals surface area contributed by atoms with Crippen LogP contribution in [0.4, 0.5) is 0 Å². The minimum Gasteiger partial charge on any atom is -0.302 e. The molecule has 1 N–H and O–H groups in total. The van der Waals surface area contributed by atoms with E-state index in [1.54, 1.807) is 0 Å². The molecule has 1 rings (SSSR count). The predicted molar refractivity (Wildman–Crippen MR) is 123 cm³/mol. The van der Waals surface area contributed by atoms with Crippen LogP contribution in [0.2, 0.25) is 0 Å². The summed E-state index contributed by atoms with van der Waals surface area (Å²) >= 11 is 0. The van der Waals surface area contributed by atoms with Crippen molar-refractivity contribution in [3.8, 4) is 0 Å². The number of hydrogen-bond donors (Lipinski definition) is 1. The molecule has 1 aliphatic carbocycles. The molecule has 0 heterocycles. The van der Waals surface area contributed by atoms with Crippen molar-refractivity contribution in [2.24, 2.45) is 17.8 Å². The van der Waals surface area contributed by atoms with Gasteiger partial charge in [-0.2, -0.15) is 0 Å². The van der Waals surface area contributed by atoms with Crippen LogP contribution in [-0.4, -0.2) is 17.6 Å². The van der Waals surface area contributed by atoms with Crippen LogP contribution in [0, 0.1) is 17.8 Å². The molecule has 4 nitrogen and oxygen atoms in total. The molecule has 1 aliphatic rings. The molecule has 174 valence electrons. The second-order valence-corrected chi connectivity index (χ2v) is 11.1. The quantitative estimate of drug-likeness (QED) is 0.185. The van der Waals surface area contributed by atoms with E-state index in [2.05, 4.69) is 27.7 Å². The molecule has 0 aromatic heterocycles. The van der Waals surface area contributed by atoms with Crippen molar-refractivity contribution in [1.82, 2.24) is 0 Å². The van der Waals surface area contributed by atoms with Gasteiger partial charge in [-0.15, -0.1) is 0 Å². The Labute approximate surface area is 181 Å². The monoisotopic (exact) mass is 432 g/mol. The van der Waals surface area contributed by atoms with Gasteiger partial charge in [0.15, 0.2) is 0 Å². The zero-order valence-corrected chi connectivity index (χ0v) is 20.6. The van der Waals surface area contributed by atoms with E-state index in [0.29, 0.717) is 24.4 Å². The summed E-state index contributed by atoms with van der Waals surface area (Å²) in [5, 5.41) is 0. The Morgan fingerprint density at radius 1 is 0.897 bits per heavy atom. The van der Waals surface area contributed by atoms with Gasteiger partial charge in [-0.25, -0.2) is 4.57 Å². The summed E-state index contributed by atoms with van der Waals surface area (Å²) in [7, 11) is -3.95. The first kappa shape index (κ1) is 27.1. The molecule has 29 heavy (non-hydrogen) atoms. The third kappa shape index (κ3) is 13.2. The van der Waals surface area contributed by atoms with Gasteiger partial charge in [0.05, 0.1) is 12.7 Å². The number of unbranched alkanes of at least 4 members (excludes halogenated alkanes) is 11. The van der Waals surface area contributed by atoms with E-state index < -0.39 is 7.82 Å². The smallest absolute Gasteiger partial charge is 0.302 e. The Hall–Kier alpha value is 0.110. The third-order valence-corrected chi connectivity index (χ3v) is 7.53. The van der Waals surface area contributed by atoms with E-state index in [0.717, 1.165) is 25.7 Å². The van der Waals surface area contributed by atoms with Gasteiger partial charge in [-0.1, -0.05) is 105 Å². The van der Waals surface area contributed by atoms with Gasteiger partial charge in [-0.05, 0) is 37.0 Å². The molecule has 0 amide bonds. The van der Waals surface area contributed by atoms with Crippen LogP contribution in [-0.2, 0) is 13.6 Å². The van der Waals surface area contributed by atoms with E-state index >= 15 is 0 Å². The van der Waals surface area contributed by atoms with Crippen molar-refractivity contribution in [3.05, 3.63) is 0 Å². The number of phosphoric acid groups is 1. The maximum atomic E-state index is 12.4. The van der Waals surface area contributed by atoms with Crippen LogP contribution < -0.4 is 0 Å². The van der Waals surface area contributed by atoms with Crippen molar-refractivity contribution in [1.29, 1.82) is 0 Å². The van der Waals surface area contributed by atoms with Gasteiger partial charge >= 0.3 is 7.82 Å². The fraction of sp³-hybridized carbons (Fsp3) is 1.00. The molecule has 0 radical (unpaired) electrons. The summed E-state index contributed by atoms with van der Waals surface area (Å²) in [4.78, 5) is 10.1. The lowest BCUT2D eigenvalue weighted by Crippen LogP contribution is -2.33. The summed E-state index contributed by atoms with van der Waals surface area (Å²) in [6.07, 6.45) is 18.2. The predicted octanol–water partition coefficient (Wildman–Crippen LogP) is 8.28. The molecule has 0 spiro atoms. The van der Waals surface area contributed by atoms with Crippen LogP contribution in [0.15, 0.2) is 0 Å². The maximum absolute atomic E-state index is 12.4. The highest BCUT2D eigenvalue weighted by molar-refractivity contribution is 7.47. The van der Waals surface area contributed by atoms with Crippen LogP contribution in [0.25, 0.3) is 0 Å². The molecule has 0 bridgehead atoms. The van der Waals surface area contributed by atoms with E-state index in [9.17, 15) is 9.46 Å². The summed E-state index contributed by atoms with van der Waals surface area (Å²) in [5.74, 6) is 1.36. The topological polar surface area (TPSA) is 55.8 Å². The summed E-state index contributed by atoms with van der Waals surface area (Å²) in [6.45, 7) is 9.12. The molecular formula is C24H49O4P. The molecule has 5 heteroatoms. The zero-order chi connectivity index (χ0) is 21.5. The summed E-state index contributed by atoms with van der Waals surface area (Å²) in [5.41, 5.74) is 0. The van der Waals surface area contributed by atoms with E-state index in [1.807, 2.05) is 0 Å². The second-order valence-electron chi connectivity index (χ2n) is 9.66. The standard InChI is InChI=1S/C24H49O4P/c1-5-6-7-8-9-10-11-12-13-14-15-16-19-27-29(25,26)28-24-20-22(4)17-18-23(24)21(2)3/h21-24H,5-20H2,1-4H3,(H,25,26). The molecule has 0 aliphatic heterocycles. The van der Waals surface area contributed by atoms with Crippen LogP contribution in [0.5, 0.6) is 0 Å². The Morgan fingerprint density at radius 3 is 1.93 bits per heavy atom. The van der Waals surface area contributed by atoms with Crippen molar-refractivity contribution in [2.45, 2.75) is 130 Å². The fourth-order valence-corrected chi connectivity index (χ4v) is 5.57. The zero-order valence-electron chi connectivity index (χ0n) is 19.7. The SMILES string of the molecule is CCCCCCCCCCCCCCOP(=O)(O)OC1CC(C)CCC1C(C)C. The Bertz CT molecular complexity index is 441. The molecule has 1 saturated carbocycles. The Kier molecular flexibility index (Phi) is 14.8. The van der Waals surface area contributed by atoms with Gasteiger partial charge in [0.25, 0.3) is 0 Å².